The second kappa shape index (κ2) is 3.61. The minimum Gasteiger partial charge on any atom is -0.369 e. The van der Waals surface area contributed by atoms with Gasteiger partial charge in [0.15, 0.2) is 5.82 Å². The zero-order valence-corrected chi connectivity index (χ0v) is 8.23. The maximum atomic E-state index is 4.19. The van der Waals surface area contributed by atoms with E-state index in [1.54, 1.807) is 0 Å². The Kier molecular flexibility index (Phi) is 2.74. The number of nitrogens with zero attached hydrogens (tertiary/aromatic N) is 1. The number of nitrogens with one attached hydrogen (secondary N) is 2. The number of aromatic amines is 1. The minimum atomic E-state index is 0.518. The molecular formula is C9H17N3. The summed E-state index contributed by atoms with van der Waals surface area (Å²) in [6.45, 7) is 9.41. The third-order valence-electron chi connectivity index (χ3n) is 1.97. The number of H-pyrrole nitrogens is 1. The summed E-state index contributed by atoms with van der Waals surface area (Å²) in [7, 11) is 0. The monoisotopic (exact) mass is 167 g/mol. The molecule has 0 aliphatic rings. The molecule has 0 spiro atoms. The molecule has 0 radical (unpaired) electrons. The van der Waals surface area contributed by atoms with Crippen molar-refractivity contribution in [2.75, 3.05) is 11.9 Å². The van der Waals surface area contributed by atoms with Crippen molar-refractivity contribution in [2.45, 2.75) is 33.6 Å². The van der Waals surface area contributed by atoms with E-state index >= 15 is 0 Å². The highest BCUT2D eigenvalue weighted by Gasteiger charge is 2.09. The first-order valence-electron chi connectivity index (χ1n) is 4.45. The zero-order valence-electron chi connectivity index (χ0n) is 8.23. The molecule has 0 saturated heterocycles. The maximum Gasteiger partial charge on any atom is 0.150 e. The van der Waals surface area contributed by atoms with Gasteiger partial charge >= 0.3 is 0 Å². The second-order valence-corrected chi connectivity index (χ2v) is 3.30. The Labute approximate surface area is 73.6 Å². The van der Waals surface area contributed by atoms with E-state index in [1.165, 1.54) is 11.3 Å². The number of aromatic nitrogens is 2. The van der Waals surface area contributed by atoms with Crippen molar-refractivity contribution in [3.05, 3.63) is 11.3 Å². The standard InChI is InChI=1S/C9H17N3/c1-5-10-9-7(4)8(6(2)3)11-12-9/h6H,5H2,1-4H3,(H2,10,11,12). The van der Waals surface area contributed by atoms with Crippen LogP contribution in [0.1, 0.15) is 37.9 Å². The number of anilines is 1. The molecule has 68 valence electrons. The van der Waals surface area contributed by atoms with Crippen molar-refractivity contribution >= 4 is 5.82 Å². The first-order valence-corrected chi connectivity index (χ1v) is 4.45. The number of rotatable bonds is 3. The van der Waals surface area contributed by atoms with E-state index in [4.69, 9.17) is 0 Å². The van der Waals surface area contributed by atoms with Gasteiger partial charge in [-0.25, -0.2) is 0 Å². The van der Waals surface area contributed by atoms with Gasteiger partial charge in [0.05, 0.1) is 0 Å². The Morgan fingerprint density at radius 2 is 2.17 bits per heavy atom. The molecule has 0 fully saturated rings. The quantitative estimate of drug-likeness (QED) is 0.725. The molecule has 12 heavy (non-hydrogen) atoms. The predicted octanol–water partition coefficient (Wildman–Crippen LogP) is 2.27. The molecule has 0 aromatic carbocycles. The van der Waals surface area contributed by atoms with Gasteiger partial charge in [0, 0.05) is 17.8 Å². The lowest BCUT2D eigenvalue weighted by Gasteiger charge is -2.03. The molecule has 3 heteroatoms. The summed E-state index contributed by atoms with van der Waals surface area (Å²) in [5, 5.41) is 10.4. The zero-order chi connectivity index (χ0) is 9.14. The van der Waals surface area contributed by atoms with Crippen LogP contribution in [0, 0.1) is 6.92 Å². The minimum absolute atomic E-state index is 0.518. The molecule has 1 aromatic heterocycles. The average molecular weight is 167 g/mol. The summed E-state index contributed by atoms with van der Waals surface area (Å²) in [6, 6.07) is 0. The van der Waals surface area contributed by atoms with Crippen LogP contribution in [0.25, 0.3) is 0 Å². The van der Waals surface area contributed by atoms with Crippen LogP contribution in [0.3, 0.4) is 0 Å². The van der Waals surface area contributed by atoms with E-state index in [2.05, 4.69) is 43.2 Å². The van der Waals surface area contributed by atoms with E-state index in [0.717, 1.165) is 12.4 Å². The predicted molar refractivity (Wildman–Crippen MR) is 51.6 cm³/mol. The second-order valence-electron chi connectivity index (χ2n) is 3.30. The molecule has 1 rings (SSSR count). The van der Waals surface area contributed by atoms with Crippen molar-refractivity contribution in [1.29, 1.82) is 0 Å². The Morgan fingerprint density at radius 1 is 1.50 bits per heavy atom. The number of hydrogen-bond acceptors (Lipinski definition) is 2. The third-order valence-corrected chi connectivity index (χ3v) is 1.97. The molecule has 0 saturated carbocycles. The van der Waals surface area contributed by atoms with E-state index in [9.17, 15) is 0 Å². The molecule has 0 bridgehead atoms. The Morgan fingerprint density at radius 3 is 2.58 bits per heavy atom. The van der Waals surface area contributed by atoms with Gasteiger partial charge in [-0.2, -0.15) is 5.10 Å². The largest absolute Gasteiger partial charge is 0.369 e. The molecule has 0 aliphatic heterocycles. The summed E-state index contributed by atoms with van der Waals surface area (Å²) in [6.07, 6.45) is 0. The Hall–Kier alpha value is -0.990. The highest BCUT2D eigenvalue weighted by molar-refractivity contribution is 5.46. The molecule has 3 nitrogen and oxygen atoms in total. The van der Waals surface area contributed by atoms with Gasteiger partial charge in [0.25, 0.3) is 0 Å². The topological polar surface area (TPSA) is 40.7 Å². The van der Waals surface area contributed by atoms with Gasteiger partial charge < -0.3 is 5.32 Å². The highest BCUT2D eigenvalue weighted by atomic mass is 15.2. The molecule has 2 N–H and O–H groups in total. The molecule has 0 amide bonds. The van der Waals surface area contributed by atoms with Gasteiger partial charge in [0.1, 0.15) is 0 Å². The van der Waals surface area contributed by atoms with Crippen LogP contribution in [0.15, 0.2) is 0 Å². The van der Waals surface area contributed by atoms with Gasteiger partial charge in [0.2, 0.25) is 0 Å². The molecule has 1 heterocycles. The fraction of sp³-hybridized carbons (Fsp3) is 0.667. The first kappa shape index (κ1) is 9.10. The van der Waals surface area contributed by atoms with Gasteiger partial charge in [-0.15, -0.1) is 0 Å². The van der Waals surface area contributed by atoms with Gasteiger partial charge in [-0.1, -0.05) is 13.8 Å². The van der Waals surface area contributed by atoms with Crippen molar-refractivity contribution in [3.8, 4) is 0 Å². The van der Waals surface area contributed by atoms with Crippen molar-refractivity contribution in [1.82, 2.24) is 10.2 Å². The molecule has 0 atom stereocenters. The normalized spacial score (nSPS) is 10.8. The van der Waals surface area contributed by atoms with E-state index in [0.29, 0.717) is 5.92 Å². The van der Waals surface area contributed by atoms with E-state index < -0.39 is 0 Å². The van der Waals surface area contributed by atoms with Crippen LogP contribution in [0.4, 0.5) is 5.82 Å². The van der Waals surface area contributed by atoms with E-state index in [1.807, 2.05) is 0 Å². The van der Waals surface area contributed by atoms with Crippen LogP contribution in [-0.4, -0.2) is 16.7 Å². The Bertz CT molecular complexity index is 250. The lowest BCUT2D eigenvalue weighted by molar-refractivity contribution is 0.804. The fourth-order valence-electron chi connectivity index (χ4n) is 1.31. The number of hydrogen-bond donors (Lipinski definition) is 2. The highest BCUT2D eigenvalue weighted by Crippen LogP contribution is 2.21. The van der Waals surface area contributed by atoms with Crippen LogP contribution in [0.5, 0.6) is 0 Å². The van der Waals surface area contributed by atoms with Crippen LogP contribution < -0.4 is 5.32 Å². The smallest absolute Gasteiger partial charge is 0.150 e. The summed E-state index contributed by atoms with van der Waals surface area (Å²) in [5.74, 6) is 1.51. The fourth-order valence-corrected chi connectivity index (χ4v) is 1.31. The molecule has 0 unspecified atom stereocenters. The van der Waals surface area contributed by atoms with Gasteiger partial charge in [-0.05, 0) is 19.8 Å². The van der Waals surface area contributed by atoms with Crippen molar-refractivity contribution in [3.63, 3.8) is 0 Å². The lowest BCUT2D eigenvalue weighted by Crippen LogP contribution is -1.98. The average Bonchev–Trinajstić information content (AvgIpc) is 2.34. The molecular weight excluding hydrogens is 150 g/mol. The van der Waals surface area contributed by atoms with Crippen LogP contribution >= 0.6 is 0 Å². The van der Waals surface area contributed by atoms with Gasteiger partial charge in [-0.3, -0.25) is 5.10 Å². The molecule has 1 aromatic rings. The van der Waals surface area contributed by atoms with Crippen LogP contribution in [-0.2, 0) is 0 Å². The molecule has 0 aliphatic carbocycles. The third kappa shape index (κ3) is 1.60. The maximum absolute atomic E-state index is 4.19. The van der Waals surface area contributed by atoms with Crippen molar-refractivity contribution in [2.24, 2.45) is 0 Å². The Balaban J connectivity index is 2.88. The van der Waals surface area contributed by atoms with Crippen LogP contribution in [0.2, 0.25) is 0 Å². The summed E-state index contributed by atoms with van der Waals surface area (Å²) in [5.41, 5.74) is 2.47. The SMILES string of the molecule is CCNc1n[nH]c(C(C)C)c1C. The lowest BCUT2D eigenvalue weighted by atomic mass is 10.1. The first-order chi connectivity index (χ1) is 5.66. The summed E-state index contributed by atoms with van der Waals surface area (Å²) >= 11 is 0. The summed E-state index contributed by atoms with van der Waals surface area (Å²) < 4.78 is 0. The van der Waals surface area contributed by atoms with Crippen molar-refractivity contribution < 1.29 is 0 Å². The summed E-state index contributed by atoms with van der Waals surface area (Å²) in [4.78, 5) is 0. The van der Waals surface area contributed by atoms with E-state index in [-0.39, 0.29) is 0 Å².